The van der Waals surface area contributed by atoms with Crippen LogP contribution in [0.15, 0.2) is 71.7 Å². The highest BCUT2D eigenvalue weighted by atomic mass is 32.1. The van der Waals surface area contributed by atoms with Gasteiger partial charge in [-0.25, -0.2) is 4.90 Å². The van der Waals surface area contributed by atoms with E-state index in [9.17, 15) is 9.59 Å². The van der Waals surface area contributed by atoms with Crippen LogP contribution in [-0.4, -0.2) is 24.0 Å². The van der Waals surface area contributed by atoms with Gasteiger partial charge in [-0.2, -0.15) is 0 Å². The minimum Gasteiger partial charge on any atom is -0.491 e. The van der Waals surface area contributed by atoms with Crippen molar-refractivity contribution in [1.29, 1.82) is 0 Å². The Morgan fingerprint density at radius 1 is 0.818 bits per heavy atom. The number of rotatable bonds is 8. The second kappa shape index (κ2) is 9.50. The normalized spacial score (nSPS) is 13.9. The highest BCUT2D eigenvalue weighted by Gasteiger charge is 2.41. The van der Waals surface area contributed by atoms with Crippen molar-refractivity contribution in [2.75, 3.05) is 10.2 Å². The molecule has 2 aromatic carbocycles. The first-order chi connectivity index (χ1) is 15.8. The molecule has 2 amide bonds. The molecular formula is C26H26N2O4S. The van der Waals surface area contributed by atoms with Gasteiger partial charge in [0.05, 0.1) is 23.5 Å². The van der Waals surface area contributed by atoms with Crippen LogP contribution in [0.4, 0.5) is 11.4 Å². The molecule has 7 heteroatoms. The molecule has 1 aliphatic rings. The van der Waals surface area contributed by atoms with Gasteiger partial charge >= 0.3 is 0 Å². The van der Waals surface area contributed by atoms with Gasteiger partial charge in [-0.05, 0) is 75.5 Å². The Labute approximate surface area is 197 Å². The third-order valence-corrected chi connectivity index (χ3v) is 5.70. The number of carbonyl (C=O) groups is 2. The lowest BCUT2D eigenvalue weighted by atomic mass is 10.2. The Morgan fingerprint density at radius 2 is 1.52 bits per heavy atom. The Morgan fingerprint density at radius 3 is 2.15 bits per heavy atom. The Bertz CT molecular complexity index is 1180. The van der Waals surface area contributed by atoms with Gasteiger partial charge in [0.25, 0.3) is 11.8 Å². The molecule has 1 N–H and O–H groups in total. The first kappa shape index (κ1) is 22.6. The molecule has 0 atom stereocenters. The Hall–Kier alpha value is -3.58. The maximum Gasteiger partial charge on any atom is 0.282 e. The van der Waals surface area contributed by atoms with Crippen LogP contribution < -0.4 is 19.7 Å². The van der Waals surface area contributed by atoms with Crippen molar-refractivity contribution in [1.82, 2.24) is 0 Å². The molecule has 33 heavy (non-hydrogen) atoms. The van der Waals surface area contributed by atoms with Gasteiger partial charge in [-0.15, -0.1) is 11.3 Å². The molecule has 0 radical (unpaired) electrons. The molecule has 0 bridgehead atoms. The molecule has 170 valence electrons. The SMILES string of the molecule is CC(C)Oc1ccc(NC2=C(c3cccs3)C(=O)N(c3ccccc3OC(C)C)C2=O)cc1. The first-order valence-electron chi connectivity index (χ1n) is 10.8. The van der Waals surface area contributed by atoms with Crippen molar-refractivity contribution in [3.8, 4) is 11.5 Å². The molecule has 0 aliphatic carbocycles. The Balaban J connectivity index is 1.72. The first-order valence-corrected chi connectivity index (χ1v) is 11.7. The number of ether oxygens (including phenoxy) is 2. The van der Waals surface area contributed by atoms with Crippen molar-refractivity contribution in [2.24, 2.45) is 0 Å². The van der Waals surface area contributed by atoms with Crippen LogP contribution in [0.25, 0.3) is 5.57 Å². The average Bonchev–Trinajstić information content (AvgIpc) is 3.36. The van der Waals surface area contributed by atoms with E-state index >= 15 is 0 Å². The molecule has 0 saturated heterocycles. The summed E-state index contributed by atoms with van der Waals surface area (Å²) in [5.74, 6) is 0.407. The van der Waals surface area contributed by atoms with E-state index in [1.807, 2.05) is 75.5 Å². The molecule has 0 saturated carbocycles. The molecule has 4 rings (SSSR count). The number of benzene rings is 2. The maximum atomic E-state index is 13.6. The summed E-state index contributed by atoms with van der Waals surface area (Å²) >= 11 is 1.41. The maximum absolute atomic E-state index is 13.6. The average molecular weight is 463 g/mol. The van der Waals surface area contributed by atoms with Gasteiger partial charge in [0.2, 0.25) is 0 Å². The summed E-state index contributed by atoms with van der Waals surface area (Å²) in [6.07, 6.45) is -0.0412. The number of nitrogens with one attached hydrogen (secondary N) is 1. The molecule has 6 nitrogen and oxygen atoms in total. The fourth-order valence-electron chi connectivity index (χ4n) is 3.54. The second-order valence-corrected chi connectivity index (χ2v) is 9.07. The van der Waals surface area contributed by atoms with Crippen LogP contribution in [0.5, 0.6) is 11.5 Å². The fourth-order valence-corrected chi connectivity index (χ4v) is 4.31. The minimum atomic E-state index is -0.425. The van der Waals surface area contributed by atoms with Crippen LogP contribution in [0.3, 0.4) is 0 Å². The van der Waals surface area contributed by atoms with Crippen LogP contribution in [-0.2, 0) is 9.59 Å². The number of imide groups is 1. The zero-order chi connectivity index (χ0) is 23.5. The minimum absolute atomic E-state index is 0.0627. The summed E-state index contributed by atoms with van der Waals surface area (Å²) in [5.41, 5.74) is 1.69. The summed E-state index contributed by atoms with van der Waals surface area (Å²) in [5, 5.41) is 5.06. The summed E-state index contributed by atoms with van der Waals surface area (Å²) in [6, 6.07) is 18.1. The lowest BCUT2D eigenvalue weighted by molar-refractivity contribution is -0.120. The predicted molar refractivity (Wildman–Crippen MR) is 132 cm³/mol. The van der Waals surface area contributed by atoms with Gasteiger partial charge in [0, 0.05) is 10.6 Å². The van der Waals surface area contributed by atoms with Gasteiger partial charge in [0.1, 0.15) is 17.2 Å². The van der Waals surface area contributed by atoms with Gasteiger partial charge in [0.15, 0.2) is 0 Å². The smallest absolute Gasteiger partial charge is 0.282 e. The predicted octanol–water partition coefficient (Wildman–Crippen LogP) is 5.72. The third kappa shape index (κ3) is 4.78. The van der Waals surface area contributed by atoms with Gasteiger partial charge in [-0.1, -0.05) is 18.2 Å². The molecule has 1 aliphatic heterocycles. The monoisotopic (exact) mass is 462 g/mol. The van der Waals surface area contributed by atoms with E-state index < -0.39 is 5.91 Å². The molecule has 0 fully saturated rings. The van der Waals surface area contributed by atoms with Crippen molar-refractivity contribution >= 4 is 40.1 Å². The lowest BCUT2D eigenvalue weighted by Crippen LogP contribution is -2.33. The van der Waals surface area contributed by atoms with Crippen LogP contribution in [0, 0.1) is 0 Å². The van der Waals surface area contributed by atoms with E-state index in [0.717, 1.165) is 10.6 Å². The zero-order valence-corrected chi connectivity index (χ0v) is 19.8. The zero-order valence-electron chi connectivity index (χ0n) is 19.0. The number of anilines is 2. The van der Waals surface area contributed by atoms with Crippen LogP contribution >= 0.6 is 11.3 Å². The number of thiophene rings is 1. The summed E-state index contributed by atoms with van der Waals surface area (Å²) in [6.45, 7) is 7.73. The summed E-state index contributed by atoms with van der Waals surface area (Å²) in [4.78, 5) is 29.1. The van der Waals surface area contributed by atoms with Gasteiger partial charge < -0.3 is 14.8 Å². The number of carbonyl (C=O) groups excluding carboxylic acids is 2. The van der Waals surface area contributed by atoms with E-state index in [4.69, 9.17) is 9.47 Å². The molecule has 1 aromatic heterocycles. The van der Waals surface area contributed by atoms with E-state index in [1.54, 1.807) is 18.2 Å². The molecule has 0 unspecified atom stereocenters. The largest absolute Gasteiger partial charge is 0.491 e. The quantitative estimate of drug-likeness (QED) is 0.434. The third-order valence-electron chi connectivity index (χ3n) is 4.82. The fraction of sp³-hybridized carbons (Fsp3) is 0.231. The molecule has 0 spiro atoms. The van der Waals surface area contributed by atoms with E-state index in [-0.39, 0.29) is 23.8 Å². The topological polar surface area (TPSA) is 67.9 Å². The number of para-hydroxylation sites is 2. The highest BCUT2D eigenvalue weighted by Crippen LogP contribution is 2.39. The van der Waals surface area contributed by atoms with Gasteiger partial charge in [-0.3, -0.25) is 9.59 Å². The molecular weight excluding hydrogens is 436 g/mol. The van der Waals surface area contributed by atoms with E-state index in [2.05, 4.69) is 5.32 Å². The Kier molecular flexibility index (Phi) is 6.51. The second-order valence-electron chi connectivity index (χ2n) is 8.12. The molecule has 3 aromatic rings. The number of hydrogen-bond acceptors (Lipinski definition) is 6. The van der Waals surface area contributed by atoms with Crippen molar-refractivity contribution in [3.63, 3.8) is 0 Å². The highest BCUT2D eigenvalue weighted by molar-refractivity contribution is 7.11. The van der Waals surface area contributed by atoms with E-state index in [0.29, 0.717) is 22.7 Å². The number of nitrogens with zero attached hydrogens (tertiary/aromatic N) is 1. The standard InChI is InChI=1S/C26H26N2O4S/c1-16(2)31-19-13-11-18(12-14-19)27-24-23(22-10-7-15-33-22)25(29)28(26(24)30)20-8-5-6-9-21(20)32-17(3)4/h5-17,27H,1-4H3. The molecule has 2 heterocycles. The van der Waals surface area contributed by atoms with Crippen LogP contribution in [0.2, 0.25) is 0 Å². The summed E-state index contributed by atoms with van der Waals surface area (Å²) < 4.78 is 11.6. The van der Waals surface area contributed by atoms with Crippen molar-refractivity contribution < 1.29 is 19.1 Å². The lowest BCUT2D eigenvalue weighted by Gasteiger charge is -2.20. The van der Waals surface area contributed by atoms with Crippen LogP contribution in [0.1, 0.15) is 32.6 Å². The number of amides is 2. The van der Waals surface area contributed by atoms with Crippen molar-refractivity contribution in [3.05, 3.63) is 76.6 Å². The van der Waals surface area contributed by atoms with E-state index in [1.165, 1.54) is 16.2 Å². The number of hydrogen-bond donors (Lipinski definition) is 1. The summed E-state index contributed by atoms with van der Waals surface area (Å²) in [7, 11) is 0. The van der Waals surface area contributed by atoms with Crippen molar-refractivity contribution in [2.45, 2.75) is 39.9 Å².